The van der Waals surface area contributed by atoms with Crippen LogP contribution >= 0.6 is 0 Å². The minimum Gasteiger partial charge on any atom is -0.321 e. The Morgan fingerprint density at radius 3 is 2.37 bits per heavy atom. The standard InChI is InChI=1S/C15H21N3O/c1-10-6-11(2)15(12(3)7-10)17-14(19)9-18(5)13(4)8-16/h6-7,13H,9H2,1-5H3,(H,17,19)/p+1/t13-/m1/s1. The highest BCUT2D eigenvalue weighted by Gasteiger charge is 2.17. The van der Waals surface area contributed by atoms with Gasteiger partial charge in [0.15, 0.2) is 12.6 Å². The van der Waals surface area contributed by atoms with Gasteiger partial charge in [-0.25, -0.2) is 0 Å². The monoisotopic (exact) mass is 260 g/mol. The zero-order valence-corrected chi connectivity index (χ0v) is 12.3. The van der Waals surface area contributed by atoms with Crippen LogP contribution in [0.15, 0.2) is 12.1 Å². The van der Waals surface area contributed by atoms with Crippen LogP contribution in [0, 0.1) is 32.1 Å². The number of carbonyl (C=O) groups excluding carboxylic acids is 1. The lowest BCUT2D eigenvalue weighted by molar-refractivity contribution is -0.886. The quantitative estimate of drug-likeness (QED) is 0.848. The summed E-state index contributed by atoms with van der Waals surface area (Å²) in [7, 11) is 1.85. The van der Waals surface area contributed by atoms with Gasteiger partial charge in [-0.2, -0.15) is 5.26 Å². The van der Waals surface area contributed by atoms with Crippen LogP contribution < -0.4 is 10.2 Å². The molecule has 0 saturated heterocycles. The average Bonchev–Trinajstić information content (AvgIpc) is 2.32. The van der Waals surface area contributed by atoms with Crippen molar-refractivity contribution in [2.75, 3.05) is 18.9 Å². The molecule has 0 aromatic heterocycles. The normalized spacial score (nSPS) is 13.5. The van der Waals surface area contributed by atoms with Crippen molar-refractivity contribution >= 4 is 11.6 Å². The fourth-order valence-electron chi connectivity index (χ4n) is 2.08. The fourth-order valence-corrected chi connectivity index (χ4v) is 2.08. The van der Waals surface area contributed by atoms with E-state index in [0.717, 1.165) is 21.7 Å². The number of benzene rings is 1. The van der Waals surface area contributed by atoms with E-state index >= 15 is 0 Å². The number of likely N-dealkylation sites (N-methyl/N-ethyl adjacent to an activating group) is 1. The number of amides is 1. The molecule has 0 saturated carbocycles. The predicted octanol–water partition coefficient (Wildman–Crippen LogP) is 0.977. The Labute approximate surface area is 115 Å². The molecule has 2 N–H and O–H groups in total. The van der Waals surface area contributed by atoms with Crippen molar-refractivity contribution in [1.29, 1.82) is 5.26 Å². The summed E-state index contributed by atoms with van der Waals surface area (Å²) in [5, 5.41) is 11.8. The van der Waals surface area contributed by atoms with Crippen molar-refractivity contribution in [3.05, 3.63) is 28.8 Å². The Bertz CT molecular complexity index is 494. The van der Waals surface area contributed by atoms with E-state index in [1.54, 1.807) is 0 Å². The molecule has 0 fully saturated rings. The number of nitrogens with one attached hydrogen (secondary N) is 2. The van der Waals surface area contributed by atoms with Gasteiger partial charge in [-0.1, -0.05) is 17.7 Å². The third kappa shape index (κ3) is 4.08. The maximum Gasteiger partial charge on any atom is 0.279 e. The first-order valence-corrected chi connectivity index (χ1v) is 6.44. The summed E-state index contributed by atoms with van der Waals surface area (Å²) < 4.78 is 0. The Morgan fingerprint density at radius 1 is 1.37 bits per heavy atom. The highest BCUT2D eigenvalue weighted by molar-refractivity contribution is 5.93. The number of nitriles is 1. The molecule has 1 aromatic carbocycles. The number of nitrogens with zero attached hydrogens (tertiary/aromatic N) is 1. The molecular formula is C15H22N3O+. The zero-order valence-electron chi connectivity index (χ0n) is 12.3. The van der Waals surface area contributed by atoms with Crippen LogP contribution in [-0.4, -0.2) is 25.5 Å². The van der Waals surface area contributed by atoms with Crippen LogP contribution in [0.25, 0.3) is 0 Å². The van der Waals surface area contributed by atoms with Crippen LogP contribution in [0.4, 0.5) is 5.69 Å². The number of aryl methyl sites for hydroxylation is 3. The Hall–Kier alpha value is -1.86. The van der Waals surface area contributed by atoms with Gasteiger partial charge in [0.2, 0.25) is 0 Å². The molecule has 0 heterocycles. The summed E-state index contributed by atoms with van der Waals surface area (Å²) in [5.41, 5.74) is 4.20. The SMILES string of the molecule is Cc1cc(C)c(NC(=O)C[NH+](C)[C@H](C)C#N)c(C)c1. The van der Waals surface area contributed by atoms with E-state index in [-0.39, 0.29) is 11.9 Å². The molecule has 0 aliphatic carbocycles. The summed E-state index contributed by atoms with van der Waals surface area (Å²) in [6.07, 6.45) is 0. The second-order valence-electron chi connectivity index (χ2n) is 5.20. The van der Waals surface area contributed by atoms with Crippen LogP contribution in [0.1, 0.15) is 23.6 Å². The van der Waals surface area contributed by atoms with Gasteiger partial charge in [-0.05, 0) is 31.9 Å². The van der Waals surface area contributed by atoms with E-state index in [9.17, 15) is 4.79 Å². The van der Waals surface area contributed by atoms with Crippen molar-refractivity contribution in [1.82, 2.24) is 0 Å². The molecule has 4 heteroatoms. The van der Waals surface area contributed by atoms with Crippen molar-refractivity contribution in [2.24, 2.45) is 0 Å². The Kier molecular flexibility index (Phi) is 5.08. The number of quaternary nitrogens is 1. The second kappa shape index (κ2) is 6.35. The largest absolute Gasteiger partial charge is 0.321 e. The third-order valence-corrected chi connectivity index (χ3v) is 3.31. The first kappa shape index (κ1) is 15.2. The van der Waals surface area contributed by atoms with Gasteiger partial charge in [-0.15, -0.1) is 0 Å². The Balaban J connectivity index is 2.76. The van der Waals surface area contributed by atoms with Gasteiger partial charge in [0, 0.05) is 12.6 Å². The van der Waals surface area contributed by atoms with E-state index < -0.39 is 0 Å². The predicted molar refractivity (Wildman–Crippen MR) is 76.1 cm³/mol. The first-order chi connectivity index (χ1) is 8.85. The summed E-state index contributed by atoms with van der Waals surface area (Å²) in [5.74, 6) is -0.0605. The number of hydrogen-bond donors (Lipinski definition) is 2. The summed E-state index contributed by atoms with van der Waals surface area (Å²) >= 11 is 0. The number of anilines is 1. The van der Waals surface area contributed by atoms with Gasteiger partial charge in [0.05, 0.1) is 7.05 Å². The van der Waals surface area contributed by atoms with Crippen molar-refractivity contribution in [3.8, 4) is 6.07 Å². The topological polar surface area (TPSA) is 57.3 Å². The molecule has 1 amide bonds. The number of carbonyl (C=O) groups is 1. The molecule has 1 unspecified atom stereocenters. The lowest BCUT2D eigenvalue weighted by Crippen LogP contribution is -3.13. The van der Waals surface area contributed by atoms with Gasteiger partial charge >= 0.3 is 0 Å². The highest BCUT2D eigenvalue weighted by atomic mass is 16.2. The summed E-state index contributed by atoms with van der Waals surface area (Å²) in [4.78, 5) is 12.9. The molecule has 1 rings (SSSR count). The first-order valence-electron chi connectivity index (χ1n) is 6.44. The van der Waals surface area contributed by atoms with E-state index in [0.29, 0.717) is 6.54 Å². The molecule has 1 aromatic rings. The number of rotatable bonds is 4. The van der Waals surface area contributed by atoms with Gasteiger partial charge in [-0.3, -0.25) is 4.79 Å². The molecule has 19 heavy (non-hydrogen) atoms. The molecule has 0 spiro atoms. The second-order valence-corrected chi connectivity index (χ2v) is 5.20. The smallest absolute Gasteiger partial charge is 0.279 e. The molecular weight excluding hydrogens is 238 g/mol. The van der Waals surface area contributed by atoms with Crippen LogP contribution in [0.2, 0.25) is 0 Å². The van der Waals surface area contributed by atoms with Gasteiger partial charge < -0.3 is 10.2 Å². The molecule has 0 radical (unpaired) electrons. The minimum atomic E-state index is -0.189. The van der Waals surface area contributed by atoms with E-state index in [1.807, 2.05) is 34.7 Å². The maximum absolute atomic E-state index is 12.0. The van der Waals surface area contributed by atoms with E-state index in [1.165, 1.54) is 5.56 Å². The zero-order chi connectivity index (χ0) is 14.6. The van der Waals surface area contributed by atoms with Crippen LogP contribution in [0.3, 0.4) is 0 Å². The molecule has 0 aliphatic heterocycles. The van der Waals surface area contributed by atoms with Gasteiger partial charge in [0.25, 0.3) is 5.91 Å². The van der Waals surface area contributed by atoms with Crippen LogP contribution in [0.5, 0.6) is 0 Å². The average molecular weight is 260 g/mol. The van der Waals surface area contributed by atoms with Crippen molar-refractivity contribution in [2.45, 2.75) is 33.7 Å². The Morgan fingerprint density at radius 2 is 1.89 bits per heavy atom. The lowest BCUT2D eigenvalue weighted by atomic mass is 10.1. The summed E-state index contributed by atoms with van der Waals surface area (Å²) in [6, 6.07) is 6.06. The summed E-state index contributed by atoms with van der Waals surface area (Å²) in [6.45, 7) is 8.12. The van der Waals surface area contributed by atoms with Gasteiger partial charge in [0.1, 0.15) is 6.07 Å². The van der Waals surface area contributed by atoms with Crippen LogP contribution in [-0.2, 0) is 4.79 Å². The third-order valence-electron chi connectivity index (χ3n) is 3.31. The molecule has 4 nitrogen and oxygen atoms in total. The van der Waals surface area contributed by atoms with E-state index in [4.69, 9.17) is 5.26 Å². The molecule has 0 bridgehead atoms. The highest BCUT2D eigenvalue weighted by Crippen LogP contribution is 2.21. The minimum absolute atomic E-state index is 0.0605. The van der Waals surface area contributed by atoms with Crippen molar-refractivity contribution in [3.63, 3.8) is 0 Å². The molecule has 102 valence electrons. The van der Waals surface area contributed by atoms with Crippen molar-refractivity contribution < 1.29 is 9.69 Å². The lowest BCUT2D eigenvalue weighted by Gasteiger charge is -2.17. The fraction of sp³-hybridized carbons (Fsp3) is 0.467. The van der Waals surface area contributed by atoms with E-state index in [2.05, 4.69) is 23.5 Å². The molecule has 0 aliphatic rings. The molecule has 2 atom stereocenters. The number of hydrogen-bond acceptors (Lipinski definition) is 2. The maximum atomic E-state index is 12.0.